The fraction of sp³-hybridized carbons (Fsp3) is 0.611. The number of rotatable bonds is 7. The summed E-state index contributed by atoms with van der Waals surface area (Å²) in [5.41, 5.74) is 1.29. The van der Waals surface area contributed by atoms with Gasteiger partial charge in [-0.3, -0.25) is 4.99 Å². The van der Waals surface area contributed by atoms with E-state index in [1.807, 2.05) is 0 Å². The molecule has 1 aliphatic heterocycles. The van der Waals surface area contributed by atoms with Crippen molar-refractivity contribution < 1.29 is 4.74 Å². The highest BCUT2D eigenvalue weighted by Crippen LogP contribution is 2.25. The van der Waals surface area contributed by atoms with Gasteiger partial charge in [0.05, 0.1) is 6.61 Å². The van der Waals surface area contributed by atoms with Crippen molar-refractivity contribution in [1.29, 1.82) is 0 Å². The van der Waals surface area contributed by atoms with Crippen LogP contribution in [0.25, 0.3) is 0 Å². The molecule has 2 N–H and O–H groups in total. The third kappa shape index (κ3) is 7.70. The molecule has 142 valence electrons. The fourth-order valence-corrected chi connectivity index (χ4v) is 3.20. The number of halogens is 2. The first-order valence-corrected chi connectivity index (χ1v) is 9.46. The number of guanidine groups is 1. The van der Waals surface area contributed by atoms with Crippen LogP contribution in [0.3, 0.4) is 0 Å². The Balaban J connectivity index is 0.00000312. The lowest BCUT2D eigenvalue weighted by Gasteiger charge is -2.19. The van der Waals surface area contributed by atoms with Gasteiger partial charge < -0.3 is 20.3 Å². The molecule has 1 saturated heterocycles. The minimum Gasteiger partial charge on any atom is -0.383 e. The van der Waals surface area contributed by atoms with Crippen LogP contribution in [-0.2, 0) is 4.74 Å². The van der Waals surface area contributed by atoms with Gasteiger partial charge in [-0.05, 0) is 50.5 Å². The third-order valence-corrected chi connectivity index (χ3v) is 4.66. The Bertz CT molecular complexity index is 526. The van der Waals surface area contributed by atoms with E-state index in [1.54, 1.807) is 7.11 Å². The summed E-state index contributed by atoms with van der Waals surface area (Å²) in [6.45, 7) is 8.74. The van der Waals surface area contributed by atoms with Gasteiger partial charge >= 0.3 is 0 Å². The Kier molecular flexibility index (Phi) is 10.8. The normalized spacial score (nSPS) is 18.6. The number of aliphatic imine (C=N–C) groups is 1. The summed E-state index contributed by atoms with van der Waals surface area (Å²) in [6.07, 6.45) is 1.19. The van der Waals surface area contributed by atoms with Crippen LogP contribution in [0.15, 0.2) is 33.7 Å². The number of hydrogen-bond donors (Lipinski definition) is 2. The number of ether oxygens (including phenoxy) is 1. The lowest BCUT2D eigenvalue weighted by atomic mass is 10.1. The van der Waals surface area contributed by atoms with Crippen molar-refractivity contribution in [3.05, 3.63) is 28.7 Å². The summed E-state index contributed by atoms with van der Waals surface area (Å²) in [4.78, 5) is 7.21. The molecule has 0 spiro atoms. The maximum absolute atomic E-state index is 5.18. The molecular formula is C18H30BrIN4O. The Morgan fingerprint density at radius 1 is 1.40 bits per heavy atom. The highest BCUT2D eigenvalue weighted by atomic mass is 127. The van der Waals surface area contributed by atoms with Crippen molar-refractivity contribution in [3.8, 4) is 0 Å². The van der Waals surface area contributed by atoms with Crippen LogP contribution in [0.2, 0.25) is 0 Å². The smallest absolute Gasteiger partial charge is 0.191 e. The molecule has 25 heavy (non-hydrogen) atoms. The van der Waals surface area contributed by atoms with Gasteiger partial charge in [0, 0.05) is 49.5 Å². The molecule has 1 fully saturated rings. The van der Waals surface area contributed by atoms with E-state index in [1.165, 1.54) is 12.1 Å². The lowest BCUT2D eigenvalue weighted by Crippen LogP contribution is -2.44. The number of anilines is 1. The van der Waals surface area contributed by atoms with Gasteiger partial charge in [-0.25, -0.2) is 0 Å². The summed E-state index contributed by atoms with van der Waals surface area (Å²) < 4.78 is 6.30. The number of nitrogens with zero attached hydrogens (tertiary/aromatic N) is 2. The molecule has 7 heteroatoms. The first-order chi connectivity index (χ1) is 11.6. The van der Waals surface area contributed by atoms with Crippen molar-refractivity contribution in [2.45, 2.75) is 26.3 Å². The van der Waals surface area contributed by atoms with Crippen molar-refractivity contribution >= 4 is 51.6 Å². The molecule has 2 rings (SSSR count). The van der Waals surface area contributed by atoms with Gasteiger partial charge in [0.1, 0.15) is 0 Å². The SMILES string of the molecule is CCNC(=NCC1CCN(c2ccc(Br)cc2)C1)NC(C)COC.I. The van der Waals surface area contributed by atoms with E-state index in [4.69, 9.17) is 9.73 Å². The van der Waals surface area contributed by atoms with E-state index >= 15 is 0 Å². The van der Waals surface area contributed by atoms with Crippen LogP contribution in [-0.4, -0.2) is 51.9 Å². The fourth-order valence-electron chi connectivity index (χ4n) is 2.93. The van der Waals surface area contributed by atoms with Crippen LogP contribution in [0, 0.1) is 5.92 Å². The number of benzene rings is 1. The molecule has 0 saturated carbocycles. The second-order valence-electron chi connectivity index (χ2n) is 6.30. The van der Waals surface area contributed by atoms with Gasteiger partial charge in [0.2, 0.25) is 0 Å². The highest BCUT2D eigenvalue weighted by molar-refractivity contribution is 14.0. The first-order valence-electron chi connectivity index (χ1n) is 8.66. The molecule has 5 nitrogen and oxygen atoms in total. The molecule has 1 heterocycles. The molecule has 2 atom stereocenters. The van der Waals surface area contributed by atoms with Crippen LogP contribution in [0.1, 0.15) is 20.3 Å². The predicted molar refractivity (Wildman–Crippen MR) is 120 cm³/mol. The third-order valence-electron chi connectivity index (χ3n) is 4.13. The zero-order chi connectivity index (χ0) is 17.4. The van der Waals surface area contributed by atoms with E-state index in [0.717, 1.165) is 36.6 Å². The van der Waals surface area contributed by atoms with E-state index in [2.05, 4.69) is 69.6 Å². The van der Waals surface area contributed by atoms with E-state index < -0.39 is 0 Å². The van der Waals surface area contributed by atoms with Crippen molar-refractivity contribution in [2.75, 3.05) is 44.8 Å². The summed E-state index contributed by atoms with van der Waals surface area (Å²) >= 11 is 3.49. The molecule has 1 aromatic rings. The molecule has 1 aromatic carbocycles. The van der Waals surface area contributed by atoms with Crippen LogP contribution >= 0.6 is 39.9 Å². The van der Waals surface area contributed by atoms with Crippen LogP contribution in [0.4, 0.5) is 5.69 Å². The lowest BCUT2D eigenvalue weighted by molar-refractivity contribution is 0.179. The van der Waals surface area contributed by atoms with E-state index in [-0.39, 0.29) is 30.0 Å². The molecule has 0 amide bonds. The number of hydrogen-bond acceptors (Lipinski definition) is 3. The highest BCUT2D eigenvalue weighted by Gasteiger charge is 2.22. The van der Waals surface area contributed by atoms with Gasteiger partial charge in [-0.15, -0.1) is 24.0 Å². The average Bonchev–Trinajstić information content (AvgIpc) is 3.03. The van der Waals surface area contributed by atoms with Crippen molar-refractivity contribution in [1.82, 2.24) is 10.6 Å². The van der Waals surface area contributed by atoms with Gasteiger partial charge in [-0.2, -0.15) is 0 Å². The molecule has 0 aromatic heterocycles. The number of nitrogens with one attached hydrogen (secondary N) is 2. The van der Waals surface area contributed by atoms with Gasteiger partial charge in [0.15, 0.2) is 5.96 Å². The maximum atomic E-state index is 5.18. The zero-order valence-electron chi connectivity index (χ0n) is 15.3. The second-order valence-corrected chi connectivity index (χ2v) is 7.21. The summed E-state index contributed by atoms with van der Waals surface area (Å²) in [7, 11) is 1.72. The second kappa shape index (κ2) is 12.0. The Morgan fingerprint density at radius 3 is 2.76 bits per heavy atom. The maximum Gasteiger partial charge on any atom is 0.191 e. The van der Waals surface area contributed by atoms with Gasteiger partial charge in [0.25, 0.3) is 0 Å². The molecule has 2 unspecified atom stereocenters. The predicted octanol–water partition coefficient (Wildman–Crippen LogP) is 3.48. The quantitative estimate of drug-likeness (QED) is 0.326. The molecule has 0 bridgehead atoms. The van der Waals surface area contributed by atoms with Crippen molar-refractivity contribution in [3.63, 3.8) is 0 Å². The largest absolute Gasteiger partial charge is 0.383 e. The van der Waals surface area contributed by atoms with E-state index in [0.29, 0.717) is 12.5 Å². The summed E-state index contributed by atoms with van der Waals surface area (Å²) in [6, 6.07) is 8.80. The first kappa shape index (κ1) is 22.5. The molecular weight excluding hydrogens is 495 g/mol. The Hall–Kier alpha value is -0.540. The molecule has 0 radical (unpaired) electrons. The van der Waals surface area contributed by atoms with Crippen molar-refractivity contribution in [2.24, 2.45) is 10.9 Å². The summed E-state index contributed by atoms with van der Waals surface area (Å²) in [5, 5.41) is 6.70. The van der Waals surface area contributed by atoms with Crippen LogP contribution < -0.4 is 15.5 Å². The summed E-state index contributed by atoms with van der Waals surface area (Å²) in [5.74, 6) is 1.48. The minimum atomic E-state index is 0. The van der Waals surface area contributed by atoms with Crippen LogP contribution in [0.5, 0.6) is 0 Å². The Morgan fingerprint density at radius 2 is 2.12 bits per heavy atom. The van der Waals surface area contributed by atoms with Gasteiger partial charge in [-0.1, -0.05) is 15.9 Å². The Labute approximate surface area is 177 Å². The molecule has 0 aliphatic carbocycles. The monoisotopic (exact) mass is 524 g/mol. The standard InChI is InChI=1S/C18H29BrN4O.HI/c1-4-20-18(22-14(2)13-24-3)21-11-15-9-10-23(12-15)17-7-5-16(19)6-8-17;/h5-8,14-15H,4,9-13H2,1-3H3,(H2,20,21,22);1H. The zero-order valence-corrected chi connectivity index (χ0v) is 19.2. The minimum absolute atomic E-state index is 0. The van der Waals surface area contributed by atoms with E-state index in [9.17, 15) is 0 Å². The average molecular weight is 525 g/mol. The number of methoxy groups -OCH3 is 1. The molecule has 1 aliphatic rings. The topological polar surface area (TPSA) is 48.9 Å².